The van der Waals surface area contributed by atoms with Crippen LogP contribution in [0.1, 0.15) is 5.56 Å². The molecule has 3 rings (SSSR count). The Hall–Kier alpha value is -0.220. The minimum absolute atomic E-state index is 0.217. The molecule has 0 N–H and O–H groups in total. The van der Waals surface area contributed by atoms with Gasteiger partial charge in [-0.15, -0.1) is 23.4 Å². The van der Waals surface area contributed by atoms with Gasteiger partial charge in [0.05, 0.1) is 12.7 Å². The van der Waals surface area contributed by atoms with Crippen LogP contribution < -0.4 is 0 Å². The summed E-state index contributed by atoms with van der Waals surface area (Å²) in [5.74, 6) is 0.606. The first-order valence-corrected chi connectivity index (χ1v) is 7.91. The second kappa shape index (κ2) is 5.83. The Morgan fingerprint density at radius 1 is 1.39 bits per heavy atom. The van der Waals surface area contributed by atoms with Crippen molar-refractivity contribution in [2.75, 3.05) is 32.1 Å². The van der Waals surface area contributed by atoms with E-state index in [1.807, 2.05) is 11.8 Å². The fourth-order valence-corrected chi connectivity index (χ4v) is 4.24. The molecule has 0 amide bonds. The highest BCUT2D eigenvalue weighted by Gasteiger charge is 2.26. The van der Waals surface area contributed by atoms with Gasteiger partial charge in [0.25, 0.3) is 0 Å². The summed E-state index contributed by atoms with van der Waals surface area (Å²) in [7, 11) is 0. The van der Waals surface area contributed by atoms with Gasteiger partial charge < -0.3 is 4.74 Å². The molecule has 18 heavy (non-hydrogen) atoms. The molecule has 1 aromatic rings. The minimum atomic E-state index is 0.217. The van der Waals surface area contributed by atoms with E-state index in [1.54, 1.807) is 0 Å². The van der Waals surface area contributed by atoms with Crippen molar-refractivity contribution in [2.24, 2.45) is 0 Å². The van der Waals surface area contributed by atoms with Crippen LogP contribution in [0.3, 0.4) is 0 Å². The molecular formula is C14H18ClNOS. The molecule has 0 aliphatic carbocycles. The summed E-state index contributed by atoms with van der Waals surface area (Å²) in [5.41, 5.74) is 1.51. The van der Waals surface area contributed by atoms with E-state index >= 15 is 0 Å². The lowest BCUT2D eigenvalue weighted by Crippen LogP contribution is -2.45. The number of ether oxygens (including phenoxy) is 1. The summed E-state index contributed by atoms with van der Waals surface area (Å²) in [6.07, 6.45) is 1.42. The highest BCUT2D eigenvalue weighted by Crippen LogP contribution is 2.37. The molecule has 0 spiro atoms. The van der Waals surface area contributed by atoms with Gasteiger partial charge in [-0.05, 0) is 18.1 Å². The summed E-state index contributed by atoms with van der Waals surface area (Å²) in [5, 5.41) is 0.691. The quantitative estimate of drug-likeness (QED) is 0.792. The Morgan fingerprint density at radius 2 is 2.28 bits per heavy atom. The lowest BCUT2D eigenvalue weighted by molar-refractivity contribution is -0.0159. The molecule has 1 fully saturated rings. The number of hydrogen-bond acceptors (Lipinski definition) is 3. The molecule has 2 aliphatic heterocycles. The number of thioether (sulfide) groups is 1. The predicted octanol–water partition coefficient (Wildman–Crippen LogP) is 2.64. The Balaban J connectivity index is 1.56. The average Bonchev–Trinajstić information content (AvgIpc) is 2.81. The Kier molecular flexibility index (Phi) is 4.14. The average molecular weight is 284 g/mol. The monoisotopic (exact) mass is 283 g/mol. The van der Waals surface area contributed by atoms with Crippen LogP contribution >= 0.6 is 23.4 Å². The Morgan fingerprint density at radius 3 is 3.11 bits per heavy atom. The van der Waals surface area contributed by atoms with Crippen molar-refractivity contribution in [3.05, 3.63) is 29.8 Å². The van der Waals surface area contributed by atoms with E-state index in [9.17, 15) is 0 Å². The molecule has 0 saturated carbocycles. The molecule has 0 radical (unpaired) electrons. The van der Waals surface area contributed by atoms with E-state index in [0.29, 0.717) is 11.1 Å². The molecule has 2 nitrogen and oxygen atoms in total. The number of rotatable bonds is 3. The predicted molar refractivity (Wildman–Crippen MR) is 76.7 cm³/mol. The van der Waals surface area contributed by atoms with Crippen molar-refractivity contribution in [3.8, 4) is 0 Å². The molecule has 2 atom stereocenters. The second-order valence-corrected chi connectivity index (χ2v) is 6.61. The Bertz CT molecular complexity index is 390. The van der Waals surface area contributed by atoms with Gasteiger partial charge in [0.15, 0.2) is 0 Å². The lowest BCUT2D eigenvalue weighted by Gasteiger charge is -2.33. The van der Waals surface area contributed by atoms with Gasteiger partial charge in [0.2, 0.25) is 0 Å². The van der Waals surface area contributed by atoms with Crippen LogP contribution in [-0.4, -0.2) is 48.4 Å². The first-order valence-electron chi connectivity index (χ1n) is 6.49. The second-order valence-electron chi connectivity index (χ2n) is 4.96. The molecular weight excluding hydrogens is 266 g/mol. The molecule has 98 valence electrons. The SMILES string of the molecule is ClCC1CN(CC2Cc3ccccc3S2)CCO1. The molecule has 2 aliphatic rings. The van der Waals surface area contributed by atoms with Crippen molar-refractivity contribution in [1.29, 1.82) is 0 Å². The number of hydrogen-bond donors (Lipinski definition) is 0. The summed E-state index contributed by atoms with van der Waals surface area (Å²) in [4.78, 5) is 3.96. The Labute approximate surface area is 118 Å². The van der Waals surface area contributed by atoms with Crippen molar-refractivity contribution >= 4 is 23.4 Å². The topological polar surface area (TPSA) is 12.5 Å². The van der Waals surface area contributed by atoms with E-state index in [1.165, 1.54) is 16.9 Å². The number of nitrogens with zero attached hydrogens (tertiary/aromatic N) is 1. The highest BCUT2D eigenvalue weighted by atomic mass is 35.5. The molecule has 0 aromatic heterocycles. The summed E-state index contributed by atoms with van der Waals surface area (Å²) in [6, 6.07) is 8.76. The first-order chi connectivity index (χ1) is 8.85. The zero-order valence-corrected chi connectivity index (χ0v) is 11.9. The van der Waals surface area contributed by atoms with E-state index < -0.39 is 0 Å². The van der Waals surface area contributed by atoms with Crippen LogP contribution in [0.4, 0.5) is 0 Å². The molecule has 2 heterocycles. The smallest absolute Gasteiger partial charge is 0.0837 e. The van der Waals surface area contributed by atoms with Gasteiger partial charge in [-0.2, -0.15) is 0 Å². The zero-order chi connectivity index (χ0) is 12.4. The third kappa shape index (κ3) is 2.85. The maximum absolute atomic E-state index is 5.88. The third-order valence-electron chi connectivity index (χ3n) is 3.57. The normalized spacial score (nSPS) is 28.3. The van der Waals surface area contributed by atoms with Crippen LogP contribution in [0.15, 0.2) is 29.2 Å². The number of benzene rings is 1. The van der Waals surface area contributed by atoms with Gasteiger partial charge in [-0.25, -0.2) is 0 Å². The van der Waals surface area contributed by atoms with Crippen LogP contribution in [0, 0.1) is 0 Å². The van der Waals surface area contributed by atoms with Gasteiger partial charge in [0.1, 0.15) is 0 Å². The number of fused-ring (bicyclic) bond motifs is 1. The van der Waals surface area contributed by atoms with Crippen LogP contribution in [0.25, 0.3) is 0 Å². The number of halogens is 1. The fourth-order valence-electron chi connectivity index (χ4n) is 2.68. The van der Waals surface area contributed by atoms with Crippen molar-refractivity contribution < 1.29 is 4.74 Å². The van der Waals surface area contributed by atoms with E-state index in [-0.39, 0.29) is 6.10 Å². The van der Waals surface area contributed by atoms with Crippen LogP contribution in [-0.2, 0) is 11.2 Å². The fraction of sp³-hybridized carbons (Fsp3) is 0.571. The van der Waals surface area contributed by atoms with Gasteiger partial charge >= 0.3 is 0 Å². The van der Waals surface area contributed by atoms with Crippen LogP contribution in [0.5, 0.6) is 0 Å². The van der Waals surface area contributed by atoms with Gasteiger partial charge in [0, 0.05) is 35.7 Å². The molecule has 0 bridgehead atoms. The van der Waals surface area contributed by atoms with Gasteiger partial charge in [-0.1, -0.05) is 18.2 Å². The van der Waals surface area contributed by atoms with Crippen LogP contribution in [0.2, 0.25) is 0 Å². The lowest BCUT2D eigenvalue weighted by atomic mass is 10.1. The van der Waals surface area contributed by atoms with E-state index in [0.717, 1.165) is 26.2 Å². The summed E-state index contributed by atoms with van der Waals surface area (Å²) < 4.78 is 5.60. The highest BCUT2D eigenvalue weighted by molar-refractivity contribution is 8.00. The minimum Gasteiger partial charge on any atom is -0.374 e. The third-order valence-corrected chi connectivity index (χ3v) is 5.22. The first kappa shape index (κ1) is 12.8. The standard InChI is InChI=1S/C14H18ClNOS/c15-8-12-9-16(5-6-17-12)10-13-7-11-3-1-2-4-14(11)18-13/h1-4,12-13H,5-10H2. The summed E-state index contributed by atoms with van der Waals surface area (Å²) in [6.45, 7) is 4.00. The molecule has 1 saturated heterocycles. The molecule has 2 unspecified atom stereocenters. The molecule has 4 heteroatoms. The largest absolute Gasteiger partial charge is 0.374 e. The van der Waals surface area contributed by atoms with E-state index in [2.05, 4.69) is 29.2 Å². The number of morpholine rings is 1. The zero-order valence-electron chi connectivity index (χ0n) is 10.3. The summed E-state index contributed by atoms with van der Waals surface area (Å²) >= 11 is 7.90. The number of alkyl halides is 1. The van der Waals surface area contributed by atoms with Crippen molar-refractivity contribution in [2.45, 2.75) is 22.7 Å². The maximum Gasteiger partial charge on any atom is 0.0837 e. The van der Waals surface area contributed by atoms with Crippen molar-refractivity contribution in [1.82, 2.24) is 4.90 Å². The van der Waals surface area contributed by atoms with E-state index in [4.69, 9.17) is 16.3 Å². The molecule has 1 aromatic carbocycles. The van der Waals surface area contributed by atoms with Gasteiger partial charge in [-0.3, -0.25) is 4.90 Å². The van der Waals surface area contributed by atoms with Crippen molar-refractivity contribution in [3.63, 3.8) is 0 Å². The maximum atomic E-state index is 5.88.